The van der Waals surface area contributed by atoms with Crippen molar-refractivity contribution in [3.05, 3.63) is 0 Å². The largest absolute Gasteiger partial charge is 0.472 e. The number of carbonyl (C=O) groups is 4. The smallest absolute Gasteiger partial charge is 0.462 e. The molecular formula is C95H186O17P2. The summed E-state index contributed by atoms with van der Waals surface area (Å²) in [5.41, 5.74) is 0. The maximum absolute atomic E-state index is 13.2. The second kappa shape index (κ2) is 84.7. The average Bonchev–Trinajstić information content (AvgIpc) is 0.898. The third kappa shape index (κ3) is 85.1. The molecule has 0 saturated heterocycles. The number of phosphoric ester groups is 2. The van der Waals surface area contributed by atoms with Crippen molar-refractivity contribution < 1.29 is 80.2 Å². The Balaban J connectivity index is 5.18. The highest BCUT2D eigenvalue weighted by atomic mass is 31.2. The fourth-order valence-corrected chi connectivity index (χ4v) is 16.5. The molecule has 0 aromatic heterocycles. The molecule has 7 atom stereocenters. The van der Waals surface area contributed by atoms with E-state index in [-0.39, 0.29) is 25.7 Å². The molecule has 19 heteroatoms. The summed E-state index contributed by atoms with van der Waals surface area (Å²) in [6.45, 7) is 12.1. The van der Waals surface area contributed by atoms with Gasteiger partial charge in [-0.1, -0.05) is 459 Å². The van der Waals surface area contributed by atoms with E-state index in [1.807, 2.05) is 0 Å². The van der Waals surface area contributed by atoms with Gasteiger partial charge in [0, 0.05) is 25.7 Å². The molecule has 0 bridgehead atoms. The molecule has 0 saturated carbocycles. The van der Waals surface area contributed by atoms with E-state index in [0.717, 1.165) is 108 Å². The molecule has 114 heavy (non-hydrogen) atoms. The van der Waals surface area contributed by atoms with Crippen LogP contribution >= 0.6 is 15.6 Å². The van der Waals surface area contributed by atoms with Crippen LogP contribution in [0.2, 0.25) is 0 Å². The lowest BCUT2D eigenvalue weighted by atomic mass is 9.99. The SMILES string of the molecule is CCCCCCCCCCCCCCCCCCCCCCCC(=O)O[C@H](COC(=O)CCCCCCCCC(C)C)COP(=O)(O)OC[C@H](O)COP(=O)(O)OC[C@@H](COC(=O)CCCCCCCCCCCCCCCCCCCCC(C)CC)OC(=O)CCCCCCCCCCCCCCCCCCCCC(C)CC. The number of rotatable bonds is 93. The number of ether oxygens (including phenoxy) is 4. The van der Waals surface area contributed by atoms with E-state index in [1.165, 1.54) is 315 Å². The van der Waals surface area contributed by atoms with Crippen molar-refractivity contribution in [3.8, 4) is 0 Å². The second-order valence-electron chi connectivity index (χ2n) is 35.1. The van der Waals surface area contributed by atoms with Crippen molar-refractivity contribution in [3.63, 3.8) is 0 Å². The Bertz CT molecular complexity index is 2190. The molecule has 3 N–H and O–H groups in total. The van der Waals surface area contributed by atoms with Crippen LogP contribution in [0.25, 0.3) is 0 Å². The van der Waals surface area contributed by atoms with Gasteiger partial charge in [0.2, 0.25) is 0 Å². The molecule has 0 aliphatic carbocycles. The number of carbonyl (C=O) groups excluding carboxylic acids is 4. The van der Waals surface area contributed by atoms with E-state index in [2.05, 4.69) is 48.5 Å². The molecule has 4 unspecified atom stereocenters. The van der Waals surface area contributed by atoms with Crippen molar-refractivity contribution in [1.82, 2.24) is 0 Å². The van der Waals surface area contributed by atoms with E-state index < -0.39 is 97.5 Å². The van der Waals surface area contributed by atoms with Gasteiger partial charge >= 0.3 is 39.5 Å². The molecule has 0 amide bonds. The molecule has 0 rings (SSSR count). The van der Waals surface area contributed by atoms with Crippen LogP contribution in [0, 0.1) is 17.8 Å². The molecule has 0 aromatic carbocycles. The monoisotopic (exact) mass is 1660 g/mol. The second-order valence-corrected chi connectivity index (χ2v) is 38.0. The molecule has 678 valence electrons. The number of hydrogen-bond acceptors (Lipinski definition) is 15. The molecule has 0 heterocycles. The summed E-state index contributed by atoms with van der Waals surface area (Å²) in [6, 6.07) is 0. The molecule has 0 fully saturated rings. The predicted molar refractivity (Wildman–Crippen MR) is 474 cm³/mol. The summed E-state index contributed by atoms with van der Waals surface area (Å²) in [5, 5.41) is 10.7. The van der Waals surface area contributed by atoms with Crippen molar-refractivity contribution in [2.45, 2.75) is 529 Å². The van der Waals surface area contributed by atoms with Gasteiger partial charge < -0.3 is 33.8 Å². The quantitative estimate of drug-likeness (QED) is 0.0222. The minimum Gasteiger partial charge on any atom is -0.462 e. The Morgan fingerprint density at radius 2 is 0.447 bits per heavy atom. The van der Waals surface area contributed by atoms with Crippen LogP contribution in [0.1, 0.15) is 511 Å². The van der Waals surface area contributed by atoms with E-state index >= 15 is 0 Å². The predicted octanol–water partition coefficient (Wildman–Crippen LogP) is 29.6. The van der Waals surface area contributed by atoms with Gasteiger partial charge in [-0.05, 0) is 43.4 Å². The van der Waals surface area contributed by atoms with Crippen LogP contribution in [0.15, 0.2) is 0 Å². The van der Waals surface area contributed by atoms with Crippen LogP contribution in [0.5, 0.6) is 0 Å². The Kier molecular flexibility index (Phi) is 83.2. The van der Waals surface area contributed by atoms with Gasteiger partial charge in [0.1, 0.15) is 19.3 Å². The van der Waals surface area contributed by atoms with Gasteiger partial charge in [-0.2, -0.15) is 0 Å². The van der Waals surface area contributed by atoms with Crippen LogP contribution in [-0.2, 0) is 65.4 Å². The minimum absolute atomic E-state index is 0.108. The topological polar surface area (TPSA) is 237 Å². The molecule has 0 aliphatic heterocycles. The number of unbranched alkanes of at least 4 members (excludes halogenated alkanes) is 59. The van der Waals surface area contributed by atoms with Crippen LogP contribution in [-0.4, -0.2) is 96.7 Å². The maximum Gasteiger partial charge on any atom is 0.472 e. The summed E-state index contributed by atoms with van der Waals surface area (Å²) in [5.74, 6) is 0.326. The Hall–Kier alpha value is -1.94. The lowest BCUT2D eigenvalue weighted by Crippen LogP contribution is -2.30. The standard InChI is InChI=1S/C95H186O17P2/c1-8-11-12-13-14-15-16-17-18-19-20-21-22-30-35-40-45-50-55-65-72-79-95(100)112-91(83-106-93(98)77-70-63-58-57-59-66-73-86(4)5)85-110-114(103,104)108-81-89(96)80-107-113(101,102)109-84-90(111-94(99)78-71-64-56-51-46-41-36-31-26-24-28-33-38-43-48-53-61-68-75-88(7)10-3)82-105-92(97)76-69-62-54-49-44-39-34-29-25-23-27-32-37-42-47-52-60-67-74-87(6)9-2/h86-91,96H,8-85H2,1-7H3,(H,101,102)(H,103,104)/t87?,88?,89-,90-,91-/m1/s1. The van der Waals surface area contributed by atoms with Crippen molar-refractivity contribution >= 4 is 39.5 Å². The first-order valence-electron chi connectivity index (χ1n) is 48.9. The third-order valence-corrected chi connectivity index (χ3v) is 25.0. The van der Waals surface area contributed by atoms with Gasteiger partial charge in [-0.3, -0.25) is 37.3 Å². The van der Waals surface area contributed by atoms with E-state index in [1.54, 1.807) is 0 Å². The third-order valence-electron chi connectivity index (χ3n) is 23.1. The molecule has 0 radical (unpaired) electrons. The van der Waals surface area contributed by atoms with Gasteiger partial charge in [0.15, 0.2) is 12.2 Å². The lowest BCUT2D eigenvalue weighted by Gasteiger charge is -2.21. The highest BCUT2D eigenvalue weighted by Gasteiger charge is 2.31. The van der Waals surface area contributed by atoms with Crippen LogP contribution in [0.3, 0.4) is 0 Å². The van der Waals surface area contributed by atoms with Gasteiger partial charge in [0.05, 0.1) is 26.4 Å². The maximum atomic E-state index is 13.2. The van der Waals surface area contributed by atoms with Gasteiger partial charge in [0.25, 0.3) is 0 Å². The number of esters is 4. The van der Waals surface area contributed by atoms with E-state index in [9.17, 15) is 43.2 Å². The number of aliphatic hydroxyl groups excluding tert-OH is 1. The summed E-state index contributed by atoms with van der Waals surface area (Å²) in [6.07, 6.45) is 79.5. The van der Waals surface area contributed by atoms with Crippen LogP contribution < -0.4 is 0 Å². The first kappa shape index (κ1) is 112. The van der Waals surface area contributed by atoms with E-state index in [4.69, 9.17) is 37.0 Å². The Labute approximate surface area is 702 Å². The summed E-state index contributed by atoms with van der Waals surface area (Å²) in [4.78, 5) is 73.5. The van der Waals surface area contributed by atoms with Crippen molar-refractivity contribution in [2.24, 2.45) is 17.8 Å². The average molecular weight is 1660 g/mol. The molecule has 0 aromatic rings. The molecule has 0 aliphatic rings. The van der Waals surface area contributed by atoms with Crippen molar-refractivity contribution in [2.75, 3.05) is 39.6 Å². The summed E-state index contributed by atoms with van der Waals surface area (Å²) in [7, 11) is -9.94. The van der Waals surface area contributed by atoms with E-state index in [0.29, 0.717) is 31.6 Å². The fourth-order valence-electron chi connectivity index (χ4n) is 14.9. The number of phosphoric acid groups is 2. The lowest BCUT2D eigenvalue weighted by molar-refractivity contribution is -0.161. The van der Waals surface area contributed by atoms with Crippen LogP contribution in [0.4, 0.5) is 0 Å². The molecular weight excluding hydrogens is 1470 g/mol. The number of aliphatic hydroxyl groups is 1. The first-order valence-corrected chi connectivity index (χ1v) is 51.9. The van der Waals surface area contributed by atoms with Gasteiger partial charge in [-0.25, -0.2) is 9.13 Å². The Morgan fingerprint density at radius 1 is 0.254 bits per heavy atom. The zero-order valence-corrected chi connectivity index (χ0v) is 77.4. The zero-order chi connectivity index (χ0) is 83.6. The van der Waals surface area contributed by atoms with Gasteiger partial charge in [-0.15, -0.1) is 0 Å². The zero-order valence-electron chi connectivity index (χ0n) is 75.6. The van der Waals surface area contributed by atoms with Crippen molar-refractivity contribution in [1.29, 1.82) is 0 Å². The first-order chi connectivity index (χ1) is 55.3. The minimum atomic E-state index is -4.97. The summed E-state index contributed by atoms with van der Waals surface area (Å²) >= 11 is 0. The number of hydrogen-bond donors (Lipinski definition) is 3. The highest BCUT2D eigenvalue weighted by Crippen LogP contribution is 2.45. The fraction of sp³-hybridized carbons (Fsp3) is 0.958. The Morgan fingerprint density at radius 3 is 0.667 bits per heavy atom. The molecule has 17 nitrogen and oxygen atoms in total. The molecule has 0 spiro atoms. The normalized spacial score (nSPS) is 14.2. The highest BCUT2D eigenvalue weighted by molar-refractivity contribution is 7.47. The summed E-state index contributed by atoms with van der Waals surface area (Å²) < 4.78 is 69.1.